The lowest BCUT2D eigenvalue weighted by atomic mass is 9.96. The highest BCUT2D eigenvalue weighted by Gasteiger charge is 2.24. The summed E-state index contributed by atoms with van der Waals surface area (Å²) < 4.78 is 0. The van der Waals surface area contributed by atoms with E-state index in [1.165, 1.54) is 0 Å². The first-order chi connectivity index (χ1) is 16.7. The molecule has 0 bridgehead atoms. The molecule has 0 aliphatic carbocycles. The van der Waals surface area contributed by atoms with E-state index in [4.69, 9.17) is 5.26 Å². The Balaban J connectivity index is 1.39. The zero-order valence-corrected chi connectivity index (χ0v) is 18.5. The average molecular weight is 446 g/mol. The molecular formula is C28H23N5O. The molecule has 34 heavy (non-hydrogen) atoms. The van der Waals surface area contributed by atoms with Crippen LogP contribution in [0.25, 0.3) is 22.0 Å². The van der Waals surface area contributed by atoms with Gasteiger partial charge in [0.25, 0.3) is 0 Å². The zero-order valence-electron chi connectivity index (χ0n) is 18.5. The standard InChI is InChI=1S/C28H23N5O/c29-15-20-8-6-19(7-9-20)12-13-30-27(21-4-2-1-3-5-21)28(34)25-18-31-26-14-22(10-11-24(25)26)23-16-32-33-17-23/h1-11,14,16-18,27,30-31H,12-13H2,(H,32,33). The number of hydrogen-bond donors (Lipinski definition) is 3. The van der Waals surface area contributed by atoms with E-state index in [1.807, 2.05) is 79.0 Å². The van der Waals surface area contributed by atoms with Crippen LogP contribution in [0.4, 0.5) is 0 Å². The van der Waals surface area contributed by atoms with Crippen LogP contribution in [0.15, 0.2) is 91.4 Å². The normalized spacial score (nSPS) is 11.9. The fourth-order valence-electron chi connectivity index (χ4n) is 4.19. The first kappa shape index (κ1) is 21.4. The van der Waals surface area contributed by atoms with Gasteiger partial charge in [0, 0.05) is 41.0 Å². The number of nitrogens with one attached hydrogen (secondary N) is 3. The van der Waals surface area contributed by atoms with Crippen LogP contribution in [-0.2, 0) is 6.42 Å². The third kappa shape index (κ3) is 4.38. The number of carbonyl (C=O) groups is 1. The van der Waals surface area contributed by atoms with Gasteiger partial charge in [0.15, 0.2) is 5.78 Å². The van der Waals surface area contributed by atoms with Crippen molar-refractivity contribution in [2.75, 3.05) is 6.54 Å². The minimum absolute atomic E-state index is 0.0216. The lowest BCUT2D eigenvalue weighted by Gasteiger charge is -2.18. The molecule has 0 saturated carbocycles. The van der Waals surface area contributed by atoms with E-state index in [-0.39, 0.29) is 5.78 Å². The number of Topliss-reactive ketones (excluding diaryl/α,β-unsaturated/α-hetero) is 1. The van der Waals surface area contributed by atoms with Crippen LogP contribution in [-0.4, -0.2) is 27.5 Å². The summed E-state index contributed by atoms with van der Waals surface area (Å²) in [4.78, 5) is 17.0. The first-order valence-electron chi connectivity index (χ1n) is 11.1. The van der Waals surface area contributed by atoms with Crippen LogP contribution in [0.5, 0.6) is 0 Å². The van der Waals surface area contributed by atoms with Gasteiger partial charge in [-0.1, -0.05) is 54.6 Å². The number of benzene rings is 3. The van der Waals surface area contributed by atoms with Gasteiger partial charge in [-0.05, 0) is 41.3 Å². The van der Waals surface area contributed by atoms with E-state index >= 15 is 0 Å². The van der Waals surface area contributed by atoms with Crippen LogP contribution in [0, 0.1) is 11.3 Å². The third-order valence-corrected chi connectivity index (χ3v) is 6.02. The van der Waals surface area contributed by atoms with Gasteiger partial charge in [-0.15, -0.1) is 0 Å². The predicted molar refractivity (Wildman–Crippen MR) is 132 cm³/mol. The summed E-state index contributed by atoms with van der Waals surface area (Å²) in [7, 11) is 0. The van der Waals surface area contributed by atoms with Crippen molar-refractivity contribution in [1.82, 2.24) is 20.5 Å². The summed E-state index contributed by atoms with van der Waals surface area (Å²) in [5, 5.41) is 20.2. The van der Waals surface area contributed by atoms with E-state index in [0.717, 1.165) is 39.6 Å². The summed E-state index contributed by atoms with van der Waals surface area (Å²) in [5.74, 6) is 0.0216. The van der Waals surface area contributed by atoms with Gasteiger partial charge in [-0.2, -0.15) is 10.4 Å². The smallest absolute Gasteiger partial charge is 0.186 e. The Labute approximate surface area is 197 Å². The Bertz CT molecular complexity index is 1440. The van der Waals surface area contributed by atoms with E-state index in [9.17, 15) is 4.79 Å². The molecule has 0 amide bonds. The molecule has 0 aliphatic heterocycles. The number of fused-ring (bicyclic) bond motifs is 1. The number of aromatic nitrogens is 3. The molecule has 1 atom stereocenters. The zero-order chi connectivity index (χ0) is 23.3. The molecule has 5 aromatic rings. The molecule has 0 aliphatic rings. The van der Waals surface area contributed by atoms with E-state index in [2.05, 4.69) is 26.6 Å². The van der Waals surface area contributed by atoms with Crippen LogP contribution in [0.1, 0.15) is 33.1 Å². The van der Waals surface area contributed by atoms with E-state index < -0.39 is 6.04 Å². The number of nitriles is 1. The van der Waals surface area contributed by atoms with Crippen molar-refractivity contribution >= 4 is 16.7 Å². The molecule has 2 heterocycles. The highest BCUT2D eigenvalue weighted by Crippen LogP contribution is 2.28. The summed E-state index contributed by atoms with van der Waals surface area (Å²) in [6.07, 6.45) is 6.17. The summed E-state index contributed by atoms with van der Waals surface area (Å²) in [5.41, 5.74) is 6.28. The molecule has 5 rings (SSSR count). The van der Waals surface area contributed by atoms with Crippen molar-refractivity contribution < 1.29 is 4.79 Å². The number of ketones is 1. The van der Waals surface area contributed by atoms with E-state index in [1.54, 1.807) is 12.4 Å². The number of rotatable bonds is 8. The van der Waals surface area contributed by atoms with Gasteiger partial charge < -0.3 is 10.3 Å². The Kier molecular flexibility index (Phi) is 6.02. The highest BCUT2D eigenvalue weighted by molar-refractivity contribution is 6.11. The van der Waals surface area contributed by atoms with Gasteiger partial charge >= 0.3 is 0 Å². The Morgan fingerprint density at radius 2 is 1.82 bits per heavy atom. The minimum atomic E-state index is -0.466. The number of H-pyrrole nitrogens is 2. The second kappa shape index (κ2) is 9.57. The van der Waals surface area contributed by atoms with E-state index in [0.29, 0.717) is 17.7 Å². The Morgan fingerprint density at radius 1 is 1.00 bits per heavy atom. The van der Waals surface area contributed by atoms with Gasteiger partial charge in [-0.3, -0.25) is 9.89 Å². The first-order valence-corrected chi connectivity index (χ1v) is 11.1. The largest absolute Gasteiger partial charge is 0.360 e. The van der Waals surface area contributed by atoms with Crippen molar-refractivity contribution in [2.45, 2.75) is 12.5 Å². The SMILES string of the molecule is N#Cc1ccc(CCNC(C(=O)c2c[nH]c3cc(-c4cn[nH]c4)ccc23)c2ccccc2)cc1. The molecule has 3 N–H and O–H groups in total. The summed E-state index contributed by atoms with van der Waals surface area (Å²) in [6.45, 7) is 0.629. The molecule has 0 spiro atoms. The maximum absolute atomic E-state index is 13.7. The van der Waals surface area contributed by atoms with Gasteiger partial charge in [-0.25, -0.2) is 0 Å². The van der Waals surface area contributed by atoms with Crippen molar-refractivity contribution in [3.05, 3.63) is 114 Å². The number of hydrogen-bond acceptors (Lipinski definition) is 4. The third-order valence-electron chi connectivity index (χ3n) is 6.02. The number of aromatic amines is 2. The topological polar surface area (TPSA) is 97.4 Å². The molecule has 166 valence electrons. The second-order valence-electron chi connectivity index (χ2n) is 8.17. The lowest BCUT2D eigenvalue weighted by molar-refractivity contribution is 0.0945. The van der Waals surface area contributed by atoms with Crippen LogP contribution in [0.2, 0.25) is 0 Å². The highest BCUT2D eigenvalue weighted by atomic mass is 16.1. The molecule has 0 radical (unpaired) electrons. The average Bonchev–Trinajstić information content (AvgIpc) is 3.57. The van der Waals surface area contributed by atoms with Gasteiger partial charge in [0.2, 0.25) is 0 Å². The van der Waals surface area contributed by atoms with Gasteiger partial charge in [0.05, 0.1) is 23.9 Å². The molecule has 6 heteroatoms. The Morgan fingerprint density at radius 3 is 2.56 bits per heavy atom. The molecule has 6 nitrogen and oxygen atoms in total. The minimum Gasteiger partial charge on any atom is -0.360 e. The Hall–Kier alpha value is -4.47. The maximum atomic E-state index is 13.7. The molecule has 3 aromatic carbocycles. The van der Waals surface area contributed by atoms with Crippen molar-refractivity contribution in [3.8, 4) is 17.2 Å². The molecule has 0 fully saturated rings. The number of nitrogens with zero attached hydrogens (tertiary/aromatic N) is 2. The van der Waals surface area contributed by atoms with Gasteiger partial charge in [0.1, 0.15) is 0 Å². The molecule has 2 aromatic heterocycles. The van der Waals surface area contributed by atoms with Crippen LogP contribution in [0.3, 0.4) is 0 Å². The van der Waals surface area contributed by atoms with Crippen molar-refractivity contribution in [1.29, 1.82) is 5.26 Å². The molecule has 0 saturated heterocycles. The fourth-order valence-corrected chi connectivity index (χ4v) is 4.19. The van der Waals surface area contributed by atoms with Crippen molar-refractivity contribution in [2.24, 2.45) is 0 Å². The van der Waals surface area contributed by atoms with Crippen LogP contribution >= 0.6 is 0 Å². The molecule has 1 unspecified atom stereocenters. The number of carbonyl (C=O) groups excluding carboxylic acids is 1. The quantitative estimate of drug-likeness (QED) is 0.287. The predicted octanol–water partition coefficient (Wildman–Crippen LogP) is 5.19. The molecular weight excluding hydrogens is 422 g/mol. The van der Waals surface area contributed by atoms with Crippen molar-refractivity contribution in [3.63, 3.8) is 0 Å². The summed E-state index contributed by atoms with van der Waals surface area (Å²) in [6, 6.07) is 25.0. The monoisotopic (exact) mass is 445 g/mol. The fraction of sp³-hybridized carbons (Fsp3) is 0.107. The maximum Gasteiger partial charge on any atom is 0.186 e. The second-order valence-corrected chi connectivity index (χ2v) is 8.17. The summed E-state index contributed by atoms with van der Waals surface area (Å²) >= 11 is 0. The van der Waals surface area contributed by atoms with Crippen LogP contribution < -0.4 is 5.32 Å². The lowest BCUT2D eigenvalue weighted by Crippen LogP contribution is -2.30.